The van der Waals surface area contributed by atoms with Crippen LogP contribution >= 0.6 is 35.3 Å². The number of aliphatic imine (C=N–C) groups is 1. The van der Waals surface area contributed by atoms with Gasteiger partial charge in [-0.15, -0.1) is 35.3 Å². The van der Waals surface area contributed by atoms with Crippen molar-refractivity contribution in [2.75, 3.05) is 21.3 Å². The van der Waals surface area contributed by atoms with Crippen LogP contribution < -0.4 is 15.4 Å². The molecular weight excluding hydrogens is 465 g/mol. The van der Waals surface area contributed by atoms with Crippen LogP contribution in [0.3, 0.4) is 0 Å². The summed E-state index contributed by atoms with van der Waals surface area (Å²) < 4.78 is 10.00. The molecule has 0 aliphatic carbocycles. The number of thiophene rings is 1. The maximum Gasteiger partial charge on any atom is 0.341 e. The Balaban J connectivity index is 0.00000338. The minimum absolute atomic E-state index is 0. The van der Waals surface area contributed by atoms with Crippen LogP contribution in [-0.2, 0) is 17.8 Å². The maximum atomic E-state index is 11.8. The number of carbonyl (C=O) groups is 1. The molecule has 26 heavy (non-hydrogen) atoms. The van der Waals surface area contributed by atoms with Gasteiger partial charge < -0.3 is 20.1 Å². The highest BCUT2D eigenvalue weighted by molar-refractivity contribution is 14.0. The summed E-state index contributed by atoms with van der Waals surface area (Å²) in [5.74, 6) is 0.766. The monoisotopic (exact) mass is 489 g/mol. The number of halogens is 1. The minimum atomic E-state index is -0.422. The van der Waals surface area contributed by atoms with E-state index in [-0.39, 0.29) is 24.0 Å². The zero-order chi connectivity index (χ0) is 18.2. The molecule has 0 bridgehead atoms. The van der Waals surface area contributed by atoms with E-state index < -0.39 is 5.97 Å². The third kappa shape index (κ3) is 6.17. The highest BCUT2D eigenvalue weighted by Gasteiger charge is 2.13. The Morgan fingerprint density at radius 3 is 2.46 bits per heavy atom. The predicted octanol–water partition coefficient (Wildman–Crippen LogP) is 3.33. The molecule has 1 aromatic carbocycles. The molecule has 0 saturated heterocycles. The van der Waals surface area contributed by atoms with Gasteiger partial charge in [-0.2, -0.15) is 0 Å². The van der Waals surface area contributed by atoms with Gasteiger partial charge in [-0.05, 0) is 36.8 Å². The molecule has 6 nitrogen and oxygen atoms in total. The number of esters is 1. The van der Waals surface area contributed by atoms with Gasteiger partial charge >= 0.3 is 5.97 Å². The van der Waals surface area contributed by atoms with Crippen molar-refractivity contribution in [3.8, 4) is 5.75 Å². The molecule has 0 saturated carbocycles. The molecule has 2 rings (SSSR count). The van der Waals surface area contributed by atoms with Crippen LogP contribution in [0.15, 0.2) is 35.3 Å². The number of rotatable bonds is 6. The molecule has 0 atom stereocenters. The Kier molecular flexibility index (Phi) is 9.42. The Hall–Kier alpha value is -1.81. The van der Waals surface area contributed by atoms with Crippen molar-refractivity contribution in [1.29, 1.82) is 0 Å². The molecule has 0 amide bonds. The van der Waals surface area contributed by atoms with Crippen molar-refractivity contribution in [1.82, 2.24) is 10.6 Å². The lowest BCUT2D eigenvalue weighted by molar-refractivity contribution is 0.0597. The van der Waals surface area contributed by atoms with Crippen molar-refractivity contribution >= 4 is 47.2 Å². The summed E-state index contributed by atoms with van der Waals surface area (Å²) in [6.45, 7) is 3.33. The van der Waals surface area contributed by atoms with Gasteiger partial charge in [-0.25, -0.2) is 4.79 Å². The summed E-state index contributed by atoms with van der Waals surface area (Å²) in [6.07, 6.45) is 0. The number of benzene rings is 1. The third-order valence-electron chi connectivity index (χ3n) is 3.58. The van der Waals surface area contributed by atoms with Crippen molar-refractivity contribution in [3.63, 3.8) is 0 Å². The van der Waals surface area contributed by atoms with Crippen molar-refractivity contribution in [2.45, 2.75) is 20.0 Å². The zero-order valence-corrected chi connectivity index (χ0v) is 18.4. The number of aryl methyl sites for hydroxylation is 1. The number of hydrogen-bond donors (Lipinski definition) is 2. The van der Waals surface area contributed by atoms with E-state index in [1.165, 1.54) is 24.0 Å². The van der Waals surface area contributed by atoms with Gasteiger partial charge in [0, 0.05) is 23.3 Å². The normalized spacial score (nSPS) is 10.7. The zero-order valence-electron chi connectivity index (χ0n) is 15.3. The molecule has 8 heteroatoms. The summed E-state index contributed by atoms with van der Waals surface area (Å²) in [4.78, 5) is 18.6. The van der Waals surface area contributed by atoms with Gasteiger partial charge in [0.1, 0.15) is 11.3 Å². The maximum absolute atomic E-state index is 11.8. The standard InChI is InChI=1S/C18H23N3O3S.HI/c1-12-5-7-14(25-12)11-21-18(19-2)20-10-13-6-8-16(23-3)15(9-13)17(22)24-4;/h5-9H,10-11H2,1-4H3,(H2,19,20,21);1H. The Morgan fingerprint density at radius 1 is 1.15 bits per heavy atom. The Morgan fingerprint density at radius 2 is 1.88 bits per heavy atom. The Labute approximate surface area is 175 Å². The van der Waals surface area contributed by atoms with E-state index in [0.29, 0.717) is 30.4 Å². The van der Waals surface area contributed by atoms with Crippen molar-refractivity contribution < 1.29 is 14.3 Å². The van der Waals surface area contributed by atoms with Crippen LogP contribution in [0.25, 0.3) is 0 Å². The van der Waals surface area contributed by atoms with Crippen LogP contribution in [0.4, 0.5) is 0 Å². The fourth-order valence-corrected chi connectivity index (χ4v) is 3.12. The van der Waals surface area contributed by atoms with Crippen LogP contribution in [-0.4, -0.2) is 33.2 Å². The first-order valence-electron chi connectivity index (χ1n) is 7.82. The molecule has 0 aliphatic heterocycles. The van der Waals surface area contributed by atoms with Crippen molar-refractivity contribution in [3.05, 3.63) is 51.2 Å². The van der Waals surface area contributed by atoms with Gasteiger partial charge in [0.15, 0.2) is 5.96 Å². The topological polar surface area (TPSA) is 72.0 Å². The average molecular weight is 489 g/mol. The number of methoxy groups -OCH3 is 2. The molecule has 1 heterocycles. The van der Waals surface area contributed by atoms with Gasteiger partial charge in [0.25, 0.3) is 0 Å². The van der Waals surface area contributed by atoms with E-state index in [4.69, 9.17) is 9.47 Å². The quantitative estimate of drug-likeness (QED) is 0.282. The van der Waals surface area contributed by atoms with E-state index in [9.17, 15) is 4.79 Å². The molecule has 142 valence electrons. The summed E-state index contributed by atoms with van der Waals surface area (Å²) in [6, 6.07) is 9.62. The summed E-state index contributed by atoms with van der Waals surface area (Å²) in [7, 11) is 4.60. The van der Waals surface area contributed by atoms with Crippen LogP contribution in [0.5, 0.6) is 5.75 Å². The lowest BCUT2D eigenvalue weighted by Gasteiger charge is -2.13. The molecule has 2 N–H and O–H groups in total. The molecule has 0 aliphatic rings. The number of nitrogens with one attached hydrogen (secondary N) is 2. The summed E-state index contributed by atoms with van der Waals surface area (Å²) in [5, 5.41) is 6.51. The SMILES string of the molecule is CN=C(NCc1ccc(OC)c(C(=O)OC)c1)NCc1ccc(C)s1.I. The van der Waals surface area contributed by atoms with Crippen LogP contribution in [0, 0.1) is 6.92 Å². The van der Waals surface area contributed by atoms with E-state index in [0.717, 1.165) is 5.56 Å². The van der Waals surface area contributed by atoms with Crippen molar-refractivity contribution in [2.24, 2.45) is 4.99 Å². The van der Waals surface area contributed by atoms with Crippen LogP contribution in [0.1, 0.15) is 25.7 Å². The molecule has 1 aromatic heterocycles. The first-order valence-corrected chi connectivity index (χ1v) is 8.64. The first-order chi connectivity index (χ1) is 12.1. The second-order valence-electron chi connectivity index (χ2n) is 5.32. The number of nitrogens with zero attached hydrogens (tertiary/aromatic N) is 1. The number of guanidine groups is 1. The van der Waals surface area contributed by atoms with E-state index in [2.05, 4.69) is 34.7 Å². The third-order valence-corrected chi connectivity index (χ3v) is 4.58. The fraction of sp³-hybridized carbons (Fsp3) is 0.333. The van der Waals surface area contributed by atoms with Gasteiger partial charge in [0.05, 0.1) is 20.8 Å². The number of hydrogen-bond acceptors (Lipinski definition) is 5. The summed E-state index contributed by atoms with van der Waals surface area (Å²) >= 11 is 1.76. The van der Waals surface area contributed by atoms with Crippen LogP contribution in [0.2, 0.25) is 0 Å². The smallest absolute Gasteiger partial charge is 0.341 e. The first kappa shape index (κ1) is 22.2. The highest BCUT2D eigenvalue weighted by Crippen LogP contribution is 2.20. The van der Waals surface area contributed by atoms with E-state index in [1.807, 2.05) is 6.07 Å². The molecule has 2 aromatic rings. The largest absolute Gasteiger partial charge is 0.496 e. The fourth-order valence-electron chi connectivity index (χ4n) is 2.29. The lowest BCUT2D eigenvalue weighted by Crippen LogP contribution is -2.36. The molecule has 0 unspecified atom stereocenters. The molecule has 0 fully saturated rings. The molecule has 0 spiro atoms. The minimum Gasteiger partial charge on any atom is -0.496 e. The number of carbonyl (C=O) groups excluding carboxylic acids is 1. The average Bonchev–Trinajstić information content (AvgIpc) is 3.06. The van der Waals surface area contributed by atoms with E-state index >= 15 is 0 Å². The molecular formula is C18H24IN3O3S. The van der Waals surface area contributed by atoms with E-state index in [1.54, 1.807) is 30.5 Å². The predicted molar refractivity (Wildman–Crippen MR) is 116 cm³/mol. The lowest BCUT2D eigenvalue weighted by atomic mass is 10.1. The van der Waals surface area contributed by atoms with Gasteiger partial charge in [-0.3, -0.25) is 4.99 Å². The highest BCUT2D eigenvalue weighted by atomic mass is 127. The summed E-state index contributed by atoms with van der Waals surface area (Å²) in [5.41, 5.74) is 1.33. The molecule has 0 radical (unpaired) electrons. The second-order valence-corrected chi connectivity index (χ2v) is 6.69. The number of ether oxygens (including phenoxy) is 2. The Bertz CT molecular complexity index is 762. The second kappa shape index (κ2) is 11.0. The van der Waals surface area contributed by atoms with Gasteiger partial charge in [-0.1, -0.05) is 6.07 Å². The van der Waals surface area contributed by atoms with Gasteiger partial charge in [0.2, 0.25) is 0 Å².